The van der Waals surface area contributed by atoms with Crippen molar-refractivity contribution in [3.05, 3.63) is 0 Å². The summed E-state index contributed by atoms with van der Waals surface area (Å²) in [5.74, 6) is -1.88. The van der Waals surface area contributed by atoms with Crippen molar-refractivity contribution < 1.29 is 53.3 Å². The number of phosphoric ester groups is 1. The van der Waals surface area contributed by atoms with E-state index in [-0.39, 0.29) is 6.61 Å². The Kier molecular flexibility index (Phi) is 28.9. The summed E-state index contributed by atoms with van der Waals surface area (Å²) in [4.78, 5) is 24.6. The van der Waals surface area contributed by atoms with Gasteiger partial charge >= 0.3 is 7.82 Å². The lowest BCUT2D eigenvalue weighted by Crippen LogP contribution is -2.58. The Balaban J connectivity index is 0.00000174. The van der Waals surface area contributed by atoms with Crippen LogP contribution < -0.4 is 5.48 Å². The van der Waals surface area contributed by atoms with Crippen molar-refractivity contribution in [2.45, 2.75) is 199 Å². The van der Waals surface area contributed by atoms with Crippen LogP contribution in [0.25, 0.3) is 0 Å². The van der Waals surface area contributed by atoms with Crippen molar-refractivity contribution in [2.24, 2.45) is 5.92 Å². The normalized spacial score (nSPS) is 26.1. The average molecular weight is 769 g/mol. The molecular formula is C38H77N2O11P. The van der Waals surface area contributed by atoms with Gasteiger partial charge < -0.3 is 34.6 Å². The molecule has 0 aromatic carbocycles. The maximum atomic E-state index is 12.8. The highest BCUT2D eigenvalue weighted by Gasteiger charge is 2.47. The predicted octanol–water partition coefficient (Wildman–Crippen LogP) is 7.01. The minimum absolute atomic E-state index is 0.108. The summed E-state index contributed by atoms with van der Waals surface area (Å²) in [6.07, 6.45) is 14.9. The van der Waals surface area contributed by atoms with E-state index in [0.29, 0.717) is 19.3 Å². The number of unbranched alkanes of at least 4 members (excludes halogenated alkanes) is 15. The Morgan fingerprint density at radius 3 is 1.69 bits per heavy atom. The predicted molar refractivity (Wildman–Crippen MR) is 203 cm³/mol. The molecule has 310 valence electrons. The van der Waals surface area contributed by atoms with Gasteiger partial charge in [0.25, 0.3) is 0 Å². The van der Waals surface area contributed by atoms with Crippen molar-refractivity contribution in [1.82, 2.24) is 10.4 Å². The molecule has 1 saturated heterocycles. The summed E-state index contributed by atoms with van der Waals surface area (Å²) in [5.41, 5.74) is 1.49. The number of hydrogen-bond acceptors (Lipinski definition) is 11. The standard InChI is InChI=1S/C32H62NO11P.C6H15N/c1-2-3-4-5-6-7-8-9-10-11-12-13-14-15-16-19-22-41-45(39,40)44-27-21-18-17-20-26(27)42-32-25(23-29(35)33-38)30(36)31(37)28(24-34)43-32;1-4-7(5-2)6-3/h25-28,30-32,34,36-38H,2-24H2,1H3,(H,33,35)(H,39,40);4-6H2,1-3H3/t25-,26+,27-,28-,30-,31-,32-;/m1./s1. The number of amides is 1. The van der Waals surface area contributed by atoms with Gasteiger partial charge in [-0.25, -0.2) is 10.0 Å². The zero-order chi connectivity index (χ0) is 38.6. The van der Waals surface area contributed by atoms with E-state index in [1.54, 1.807) is 0 Å². The molecule has 0 spiro atoms. The zero-order valence-corrected chi connectivity index (χ0v) is 33.9. The van der Waals surface area contributed by atoms with Crippen molar-refractivity contribution in [1.29, 1.82) is 0 Å². The first kappa shape index (κ1) is 49.3. The number of nitrogens with zero attached hydrogens (tertiary/aromatic N) is 1. The van der Waals surface area contributed by atoms with Crippen LogP contribution in [0, 0.1) is 5.92 Å². The molecule has 0 aromatic rings. The fourth-order valence-corrected chi connectivity index (χ4v) is 7.97. The zero-order valence-electron chi connectivity index (χ0n) is 33.0. The van der Waals surface area contributed by atoms with Gasteiger partial charge in [-0.1, -0.05) is 137 Å². The van der Waals surface area contributed by atoms with Crippen LogP contribution in [-0.4, -0.2) is 106 Å². The number of rotatable bonds is 28. The molecule has 6 N–H and O–H groups in total. The van der Waals surface area contributed by atoms with Crippen molar-refractivity contribution in [3.8, 4) is 0 Å². The summed E-state index contributed by atoms with van der Waals surface area (Å²) in [6.45, 7) is 11.9. The van der Waals surface area contributed by atoms with Crippen LogP contribution in [0.3, 0.4) is 0 Å². The lowest BCUT2D eigenvalue weighted by Gasteiger charge is -2.44. The highest BCUT2D eigenvalue weighted by atomic mass is 31.2. The molecule has 1 aliphatic heterocycles. The number of carbonyl (C=O) groups excluding carboxylic acids is 1. The number of aliphatic hydroxyl groups is 3. The third kappa shape index (κ3) is 21.4. The van der Waals surface area contributed by atoms with Gasteiger partial charge in [0.15, 0.2) is 6.29 Å². The molecular weight excluding hydrogens is 691 g/mol. The van der Waals surface area contributed by atoms with E-state index in [2.05, 4.69) is 32.6 Å². The molecule has 1 amide bonds. The first-order chi connectivity index (χ1) is 25.1. The summed E-state index contributed by atoms with van der Waals surface area (Å²) in [5, 5.41) is 39.4. The summed E-state index contributed by atoms with van der Waals surface area (Å²) < 4.78 is 35.3. The highest BCUT2D eigenvalue weighted by molar-refractivity contribution is 7.47. The van der Waals surface area contributed by atoms with Crippen LogP contribution in [0.2, 0.25) is 0 Å². The van der Waals surface area contributed by atoms with E-state index in [9.17, 15) is 29.6 Å². The molecule has 0 radical (unpaired) electrons. The number of hydrogen-bond donors (Lipinski definition) is 6. The quantitative estimate of drug-likeness (QED) is 0.0207. The van der Waals surface area contributed by atoms with Gasteiger partial charge in [0, 0.05) is 12.3 Å². The molecule has 52 heavy (non-hydrogen) atoms. The van der Waals surface area contributed by atoms with Crippen LogP contribution in [-0.2, 0) is 27.9 Å². The van der Waals surface area contributed by atoms with Crippen molar-refractivity contribution in [3.63, 3.8) is 0 Å². The highest BCUT2D eigenvalue weighted by Crippen LogP contribution is 2.47. The van der Waals surface area contributed by atoms with Gasteiger partial charge in [-0.2, -0.15) is 0 Å². The van der Waals surface area contributed by atoms with Gasteiger partial charge in [-0.15, -0.1) is 0 Å². The second-order valence-electron chi connectivity index (χ2n) is 14.4. The Labute approximate surface area is 315 Å². The summed E-state index contributed by atoms with van der Waals surface area (Å²) in [7, 11) is -4.37. The average Bonchev–Trinajstić information content (AvgIpc) is 3.14. The Morgan fingerprint density at radius 1 is 0.769 bits per heavy atom. The van der Waals surface area contributed by atoms with Gasteiger partial charge in [-0.3, -0.25) is 19.0 Å². The van der Waals surface area contributed by atoms with Gasteiger partial charge in [0.2, 0.25) is 5.91 Å². The molecule has 2 fully saturated rings. The van der Waals surface area contributed by atoms with Crippen LogP contribution >= 0.6 is 7.82 Å². The number of aliphatic hydroxyl groups excluding tert-OH is 3. The number of nitrogens with one attached hydrogen (secondary N) is 1. The minimum Gasteiger partial charge on any atom is -0.394 e. The molecule has 14 heteroatoms. The minimum atomic E-state index is -4.37. The van der Waals surface area contributed by atoms with E-state index in [0.717, 1.165) is 32.1 Å². The van der Waals surface area contributed by atoms with E-state index in [1.165, 1.54) is 102 Å². The number of phosphoric acid groups is 1. The molecule has 8 atom stereocenters. The maximum Gasteiger partial charge on any atom is 0.472 e. The fraction of sp³-hybridized carbons (Fsp3) is 0.974. The van der Waals surface area contributed by atoms with E-state index >= 15 is 0 Å². The summed E-state index contributed by atoms with van der Waals surface area (Å²) in [6, 6.07) is 0. The summed E-state index contributed by atoms with van der Waals surface area (Å²) >= 11 is 0. The Hall–Kier alpha value is -0.700. The Morgan fingerprint density at radius 2 is 1.25 bits per heavy atom. The third-order valence-corrected chi connectivity index (χ3v) is 11.4. The largest absolute Gasteiger partial charge is 0.472 e. The molecule has 1 heterocycles. The lowest BCUT2D eigenvalue weighted by molar-refractivity contribution is -0.305. The van der Waals surface area contributed by atoms with Crippen LogP contribution in [0.4, 0.5) is 0 Å². The van der Waals surface area contributed by atoms with Crippen molar-refractivity contribution in [2.75, 3.05) is 32.8 Å². The number of ether oxygens (including phenoxy) is 2. The third-order valence-electron chi connectivity index (χ3n) is 10.4. The first-order valence-electron chi connectivity index (χ1n) is 20.7. The lowest BCUT2D eigenvalue weighted by atomic mass is 9.87. The van der Waals surface area contributed by atoms with Crippen molar-refractivity contribution >= 4 is 13.7 Å². The molecule has 2 rings (SSSR count). The fourth-order valence-electron chi connectivity index (χ4n) is 6.96. The van der Waals surface area contributed by atoms with Crippen LogP contribution in [0.15, 0.2) is 0 Å². The molecule has 0 aromatic heterocycles. The van der Waals surface area contributed by atoms with Gasteiger partial charge in [0.05, 0.1) is 31.5 Å². The van der Waals surface area contributed by atoms with Crippen LogP contribution in [0.5, 0.6) is 0 Å². The van der Waals surface area contributed by atoms with Gasteiger partial charge in [0.1, 0.15) is 12.2 Å². The van der Waals surface area contributed by atoms with E-state index in [4.69, 9.17) is 23.7 Å². The molecule has 1 unspecified atom stereocenters. The second kappa shape index (κ2) is 30.5. The first-order valence-corrected chi connectivity index (χ1v) is 22.2. The smallest absolute Gasteiger partial charge is 0.394 e. The molecule has 13 nitrogen and oxygen atoms in total. The topological polar surface area (TPSA) is 187 Å². The number of hydroxylamine groups is 1. The van der Waals surface area contributed by atoms with E-state index < -0.39 is 69.5 Å². The molecule has 2 aliphatic rings. The monoisotopic (exact) mass is 769 g/mol. The molecule has 0 bridgehead atoms. The SMILES string of the molecule is CCCCCCCCCCCCCCCCCCOP(=O)(O)O[C@@H]1CCCC[C@@H]1O[C@@H]1O[C@H](CO)[C@@H](O)[C@H](O)[C@H]1CC(=O)NO.CCN(CC)CC. The van der Waals surface area contributed by atoms with Crippen LogP contribution in [0.1, 0.15) is 163 Å². The maximum absolute atomic E-state index is 12.8. The molecule has 1 aliphatic carbocycles. The Bertz CT molecular complexity index is 911. The van der Waals surface area contributed by atoms with E-state index in [1.807, 2.05) is 0 Å². The van der Waals surface area contributed by atoms with Gasteiger partial charge in [-0.05, 0) is 38.9 Å². The molecule has 1 saturated carbocycles. The second-order valence-corrected chi connectivity index (χ2v) is 15.8. The number of carbonyl (C=O) groups is 1.